The Morgan fingerprint density at radius 2 is 2.25 bits per heavy atom. The molecule has 16 heavy (non-hydrogen) atoms. The van der Waals surface area contributed by atoms with E-state index in [4.69, 9.17) is 21.6 Å². The molecule has 0 heterocycles. The Morgan fingerprint density at radius 3 is 2.69 bits per heavy atom. The molecule has 0 unspecified atom stereocenters. The molecule has 0 amide bonds. The van der Waals surface area contributed by atoms with Gasteiger partial charge in [0.15, 0.2) is 11.6 Å². The predicted molar refractivity (Wildman–Crippen MR) is 61.8 cm³/mol. The average molecular weight is 223 g/mol. The van der Waals surface area contributed by atoms with E-state index in [9.17, 15) is 4.39 Å². The van der Waals surface area contributed by atoms with Crippen LogP contribution in [0.25, 0.3) is 5.57 Å². The van der Waals surface area contributed by atoms with Gasteiger partial charge in [0.05, 0.1) is 7.11 Å². The molecule has 0 bridgehead atoms. The largest absolute Gasteiger partial charge is 0.494 e. The fraction of sp³-hybridized carbons (Fsp3) is 0.182. The van der Waals surface area contributed by atoms with Crippen molar-refractivity contribution in [3.8, 4) is 5.75 Å². The van der Waals surface area contributed by atoms with Crippen molar-refractivity contribution in [2.45, 2.75) is 6.54 Å². The third-order valence-electron chi connectivity index (χ3n) is 2.28. The van der Waals surface area contributed by atoms with E-state index in [2.05, 4.69) is 0 Å². The first-order valence-electron chi connectivity index (χ1n) is 4.67. The number of halogens is 1. The monoisotopic (exact) mass is 223 g/mol. The lowest BCUT2D eigenvalue weighted by molar-refractivity contribution is 0.384. The first kappa shape index (κ1) is 12.2. The number of methoxy groups -OCH3 is 1. The van der Waals surface area contributed by atoms with Crippen LogP contribution in [-0.2, 0) is 6.54 Å². The molecule has 5 heteroatoms. The number of nitrogens with one attached hydrogen (secondary N) is 1. The molecule has 0 aliphatic heterocycles. The van der Waals surface area contributed by atoms with Gasteiger partial charge in [0.25, 0.3) is 0 Å². The fourth-order valence-electron chi connectivity index (χ4n) is 1.44. The van der Waals surface area contributed by atoms with Crippen molar-refractivity contribution >= 4 is 11.8 Å². The number of hydrogen-bond acceptors (Lipinski definition) is 4. The van der Waals surface area contributed by atoms with Crippen molar-refractivity contribution < 1.29 is 9.13 Å². The molecule has 0 aromatic heterocycles. The van der Waals surface area contributed by atoms with Gasteiger partial charge < -0.3 is 21.6 Å². The van der Waals surface area contributed by atoms with E-state index in [1.807, 2.05) is 0 Å². The summed E-state index contributed by atoms with van der Waals surface area (Å²) in [4.78, 5) is 0. The second kappa shape index (κ2) is 5.27. The second-order valence-electron chi connectivity index (χ2n) is 3.08. The van der Waals surface area contributed by atoms with Crippen molar-refractivity contribution in [1.29, 1.82) is 5.41 Å². The number of hydrogen-bond donors (Lipinski definition) is 3. The highest BCUT2D eigenvalue weighted by atomic mass is 19.1. The zero-order chi connectivity index (χ0) is 12.1. The Hall–Kier alpha value is -1.88. The van der Waals surface area contributed by atoms with Crippen molar-refractivity contribution in [2.75, 3.05) is 7.11 Å². The highest BCUT2D eigenvalue weighted by molar-refractivity contribution is 6.08. The topological polar surface area (TPSA) is 85.1 Å². The van der Waals surface area contributed by atoms with Crippen LogP contribution >= 0.6 is 0 Å². The van der Waals surface area contributed by atoms with Gasteiger partial charge in [-0.3, -0.25) is 0 Å². The number of rotatable bonds is 4. The van der Waals surface area contributed by atoms with E-state index in [-0.39, 0.29) is 12.3 Å². The van der Waals surface area contributed by atoms with Crippen LogP contribution < -0.4 is 16.2 Å². The van der Waals surface area contributed by atoms with E-state index in [1.165, 1.54) is 19.4 Å². The molecule has 1 aromatic rings. The van der Waals surface area contributed by atoms with Gasteiger partial charge in [-0.15, -0.1) is 0 Å². The molecule has 0 spiro atoms. The molecule has 0 atom stereocenters. The van der Waals surface area contributed by atoms with E-state index in [0.29, 0.717) is 16.7 Å². The normalized spacial score (nSPS) is 11.3. The lowest BCUT2D eigenvalue weighted by Gasteiger charge is -2.11. The quantitative estimate of drug-likeness (QED) is 0.671. The Morgan fingerprint density at radius 1 is 1.56 bits per heavy atom. The molecule has 1 aromatic carbocycles. The minimum absolute atomic E-state index is 0.0174. The van der Waals surface area contributed by atoms with Gasteiger partial charge in [0.1, 0.15) is 0 Å². The van der Waals surface area contributed by atoms with Crippen LogP contribution in [0.3, 0.4) is 0 Å². The molecule has 0 saturated heterocycles. The summed E-state index contributed by atoms with van der Waals surface area (Å²) in [6.07, 6.45) is 2.30. The van der Waals surface area contributed by atoms with Crippen LogP contribution in [0.5, 0.6) is 5.75 Å². The highest BCUT2D eigenvalue weighted by Gasteiger charge is 2.14. The van der Waals surface area contributed by atoms with Crippen LogP contribution in [0, 0.1) is 11.2 Å². The highest BCUT2D eigenvalue weighted by Crippen LogP contribution is 2.26. The van der Waals surface area contributed by atoms with Gasteiger partial charge in [0.2, 0.25) is 0 Å². The Bertz CT molecular complexity index is 429. The summed E-state index contributed by atoms with van der Waals surface area (Å²) in [6.45, 7) is 0.0174. The molecular formula is C11H14FN3O. The maximum atomic E-state index is 13.8. The van der Waals surface area contributed by atoms with Crippen LogP contribution in [0.15, 0.2) is 18.3 Å². The van der Waals surface area contributed by atoms with Gasteiger partial charge in [-0.1, -0.05) is 6.07 Å². The third kappa shape index (κ3) is 2.04. The van der Waals surface area contributed by atoms with Crippen LogP contribution in [0.2, 0.25) is 0 Å². The van der Waals surface area contributed by atoms with E-state index in [0.717, 1.165) is 6.21 Å². The summed E-state index contributed by atoms with van der Waals surface area (Å²) >= 11 is 0. The first-order valence-corrected chi connectivity index (χ1v) is 4.67. The van der Waals surface area contributed by atoms with Crippen LogP contribution in [0.4, 0.5) is 4.39 Å². The smallest absolute Gasteiger partial charge is 0.170 e. The van der Waals surface area contributed by atoms with Gasteiger partial charge in [0, 0.05) is 30.1 Å². The summed E-state index contributed by atoms with van der Waals surface area (Å²) in [5, 5.41) is 7.17. The third-order valence-corrected chi connectivity index (χ3v) is 2.28. The number of benzene rings is 1. The van der Waals surface area contributed by atoms with Gasteiger partial charge in [-0.25, -0.2) is 4.39 Å². The van der Waals surface area contributed by atoms with Gasteiger partial charge >= 0.3 is 0 Å². The minimum Gasteiger partial charge on any atom is -0.494 e. The lowest BCUT2D eigenvalue weighted by Crippen LogP contribution is -2.07. The average Bonchev–Trinajstić information content (AvgIpc) is 2.31. The van der Waals surface area contributed by atoms with E-state index >= 15 is 0 Å². The standard InChI is InChI=1S/C11H14FN3O/c1-16-10-3-2-8(7(4-13)5-14)9(6-15)11(10)12/h2-5,13H,6,14-15H2,1H3/b7-5+,13-4?. The summed E-state index contributed by atoms with van der Waals surface area (Å²) in [5.41, 5.74) is 12.1. The maximum absolute atomic E-state index is 13.8. The number of allylic oxidation sites excluding steroid dienone is 1. The SMILES string of the molecule is COc1ccc(/C(C=N)=C/N)c(CN)c1F. The molecule has 0 saturated carbocycles. The fourth-order valence-corrected chi connectivity index (χ4v) is 1.44. The molecule has 1 rings (SSSR count). The lowest BCUT2D eigenvalue weighted by atomic mass is 10.00. The summed E-state index contributed by atoms with van der Waals surface area (Å²) in [5.74, 6) is -0.380. The number of nitrogens with two attached hydrogens (primary N) is 2. The van der Waals surface area contributed by atoms with Crippen molar-refractivity contribution in [3.05, 3.63) is 35.3 Å². The maximum Gasteiger partial charge on any atom is 0.170 e. The molecule has 0 aliphatic rings. The van der Waals surface area contributed by atoms with Gasteiger partial charge in [-0.2, -0.15) is 0 Å². The molecule has 4 nitrogen and oxygen atoms in total. The zero-order valence-corrected chi connectivity index (χ0v) is 8.96. The molecular weight excluding hydrogens is 209 g/mol. The second-order valence-corrected chi connectivity index (χ2v) is 3.08. The van der Waals surface area contributed by atoms with Gasteiger partial charge in [-0.05, 0) is 11.6 Å². The zero-order valence-electron chi connectivity index (χ0n) is 8.96. The Labute approximate surface area is 93.2 Å². The van der Waals surface area contributed by atoms with E-state index in [1.54, 1.807) is 6.07 Å². The molecule has 86 valence electrons. The molecule has 0 radical (unpaired) electrons. The van der Waals surface area contributed by atoms with Crippen molar-refractivity contribution in [1.82, 2.24) is 0 Å². The van der Waals surface area contributed by atoms with Crippen LogP contribution in [0.1, 0.15) is 11.1 Å². The number of ether oxygens (including phenoxy) is 1. The minimum atomic E-state index is -0.510. The molecule has 0 aliphatic carbocycles. The predicted octanol–water partition coefficient (Wildman–Crippen LogP) is 1.24. The van der Waals surface area contributed by atoms with E-state index < -0.39 is 5.82 Å². The summed E-state index contributed by atoms with van der Waals surface area (Å²) in [7, 11) is 1.38. The first-order chi connectivity index (χ1) is 7.69. The summed E-state index contributed by atoms with van der Waals surface area (Å²) < 4.78 is 18.7. The van der Waals surface area contributed by atoms with Crippen molar-refractivity contribution in [3.63, 3.8) is 0 Å². The van der Waals surface area contributed by atoms with Crippen molar-refractivity contribution in [2.24, 2.45) is 11.5 Å². The Kier molecular flexibility index (Phi) is 4.02. The summed E-state index contributed by atoms with van der Waals surface area (Å²) in [6, 6.07) is 3.12. The van der Waals surface area contributed by atoms with Crippen LogP contribution in [-0.4, -0.2) is 13.3 Å². The Balaban J connectivity index is 3.42. The molecule has 5 N–H and O–H groups in total. The molecule has 0 fully saturated rings.